The van der Waals surface area contributed by atoms with E-state index in [-0.39, 0.29) is 6.04 Å². The van der Waals surface area contributed by atoms with E-state index < -0.39 is 22.9 Å². The molecule has 1 aromatic heterocycles. The summed E-state index contributed by atoms with van der Waals surface area (Å²) >= 11 is 0. The van der Waals surface area contributed by atoms with Crippen molar-refractivity contribution in [3.05, 3.63) is 26.7 Å². The van der Waals surface area contributed by atoms with Crippen LogP contribution in [0.2, 0.25) is 0 Å². The molecule has 0 spiro atoms. The van der Waals surface area contributed by atoms with Gasteiger partial charge in [-0.25, -0.2) is 4.79 Å². The van der Waals surface area contributed by atoms with Gasteiger partial charge in [-0.3, -0.25) is 14.3 Å². The number of halogens is 1. The second-order valence-electron chi connectivity index (χ2n) is 3.40. The maximum absolute atomic E-state index is 13.0. The van der Waals surface area contributed by atoms with Crippen LogP contribution in [0.3, 0.4) is 0 Å². The standard InChI is InChI=1S/C9H13FN2O3/c1-3-4-5(2)12-8(14)6(10)7(13)11-9(12)15/h5,14H,3-4H2,1-2H3,(H,11,13,15). The number of hydrogen-bond acceptors (Lipinski definition) is 3. The normalized spacial score (nSPS) is 12.7. The van der Waals surface area contributed by atoms with Crippen LogP contribution in [-0.4, -0.2) is 14.7 Å². The molecule has 0 radical (unpaired) electrons. The van der Waals surface area contributed by atoms with Crippen LogP contribution < -0.4 is 11.2 Å². The van der Waals surface area contributed by atoms with Crippen LogP contribution in [0.5, 0.6) is 5.88 Å². The first-order chi connectivity index (χ1) is 6.99. The Balaban J connectivity index is 3.36. The van der Waals surface area contributed by atoms with Crippen LogP contribution in [-0.2, 0) is 0 Å². The number of aromatic hydroxyl groups is 1. The molecule has 2 N–H and O–H groups in total. The summed E-state index contributed by atoms with van der Waals surface area (Å²) in [6.45, 7) is 3.57. The first-order valence-corrected chi connectivity index (χ1v) is 4.72. The molecule has 0 bridgehead atoms. The summed E-state index contributed by atoms with van der Waals surface area (Å²) in [5.41, 5.74) is -1.99. The first-order valence-electron chi connectivity index (χ1n) is 4.72. The van der Waals surface area contributed by atoms with Crippen molar-refractivity contribution >= 4 is 0 Å². The van der Waals surface area contributed by atoms with Gasteiger partial charge in [0.2, 0.25) is 11.7 Å². The molecular weight excluding hydrogens is 203 g/mol. The Morgan fingerprint density at radius 2 is 2.13 bits per heavy atom. The molecule has 84 valence electrons. The van der Waals surface area contributed by atoms with Crippen molar-refractivity contribution in [1.82, 2.24) is 9.55 Å². The third-order valence-corrected chi connectivity index (χ3v) is 2.21. The number of aromatic amines is 1. The largest absolute Gasteiger partial charge is 0.492 e. The van der Waals surface area contributed by atoms with E-state index in [2.05, 4.69) is 0 Å². The van der Waals surface area contributed by atoms with Gasteiger partial charge in [0.05, 0.1) is 0 Å². The van der Waals surface area contributed by atoms with Crippen LogP contribution in [0.1, 0.15) is 32.7 Å². The lowest BCUT2D eigenvalue weighted by Gasteiger charge is -2.14. The zero-order valence-corrected chi connectivity index (χ0v) is 8.58. The molecule has 1 rings (SSSR count). The quantitative estimate of drug-likeness (QED) is 0.782. The number of nitrogens with zero attached hydrogens (tertiary/aromatic N) is 1. The van der Waals surface area contributed by atoms with Gasteiger partial charge in [-0.2, -0.15) is 4.39 Å². The van der Waals surface area contributed by atoms with Gasteiger partial charge in [-0.15, -0.1) is 0 Å². The lowest BCUT2D eigenvalue weighted by Crippen LogP contribution is -2.33. The van der Waals surface area contributed by atoms with Crippen molar-refractivity contribution in [3.8, 4) is 5.88 Å². The lowest BCUT2D eigenvalue weighted by atomic mass is 10.2. The number of aromatic nitrogens is 2. The van der Waals surface area contributed by atoms with Crippen molar-refractivity contribution in [2.45, 2.75) is 32.7 Å². The summed E-state index contributed by atoms with van der Waals surface area (Å²) in [5.74, 6) is -2.22. The predicted octanol–water partition coefficient (Wildman–Crippen LogP) is 0.742. The molecule has 0 aliphatic rings. The highest BCUT2D eigenvalue weighted by atomic mass is 19.1. The van der Waals surface area contributed by atoms with Crippen LogP contribution in [0.4, 0.5) is 4.39 Å². The summed E-state index contributed by atoms with van der Waals surface area (Å²) in [7, 11) is 0. The van der Waals surface area contributed by atoms with Gasteiger partial charge in [0, 0.05) is 6.04 Å². The Morgan fingerprint density at radius 3 is 2.67 bits per heavy atom. The summed E-state index contributed by atoms with van der Waals surface area (Å²) in [6.07, 6.45) is 1.40. The molecule has 15 heavy (non-hydrogen) atoms. The summed E-state index contributed by atoms with van der Waals surface area (Å²) in [5, 5.41) is 9.32. The SMILES string of the molecule is CCCC(C)n1c(O)c(F)c(=O)[nH]c1=O. The van der Waals surface area contributed by atoms with Gasteiger partial charge < -0.3 is 5.11 Å². The van der Waals surface area contributed by atoms with Gasteiger partial charge in [0.15, 0.2) is 0 Å². The van der Waals surface area contributed by atoms with Crippen LogP contribution in [0, 0.1) is 5.82 Å². The van der Waals surface area contributed by atoms with E-state index in [1.54, 1.807) is 11.9 Å². The highest BCUT2D eigenvalue weighted by Crippen LogP contribution is 2.17. The summed E-state index contributed by atoms with van der Waals surface area (Å²) in [4.78, 5) is 23.9. The Labute approximate surface area is 85.2 Å². The molecule has 1 heterocycles. The highest BCUT2D eigenvalue weighted by Gasteiger charge is 2.17. The Morgan fingerprint density at radius 1 is 1.53 bits per heavy atom. The van der Waals surface area contributed by atoms with E-state index in [1.165, 1.54) is 0 Å². The van der Waals surface area contributed by atoms with Crippen molar-refractivity contribution in [2.75, 3.05) is 0 Å². The first kappa shape index (κ1) is 11.5. The van der Waals surface area contributed by atoms with Crippen molar-refractivity contribution in [2.24, 2.45) is 0 Å². The fourth-order valence-corrected chi connectivity index (χ4v) is 1.47. The van der Waals surface area contributed by atoms with Gasteiger partial charge in [-0.05, 0) is 13.3 Å². The maximum Gasteiger partial charge on any atom is 0.331 e. The second kappa shape index (κ2) is 4.29. The third kappa shape index (κ3) is 2.08. The van der Waals surface area contributed by atoms with Crippen molar-refractivity contribution in [1.29, 1.82) is 0 Å². The topological polar surface area (TPSA) is 75.1 Å². The van der Waals surface area contributed by atoms with E-state index in [0.29, 0.717) is 6.42 Å². The summed E-state index contributed by atoms with van der Waals surface area (Å²) < 4.78 is 13.9. The van der Waals surface area contributed by atoms with E-state index in [0.717, 1.165) is 11.0 Å². The van der Waals surface area contributed by atoms with E-state index >= 15 is 0 Å². The minimum atomic E-state index is -1.32. The molecule has 0 fully saturated rings. The third-order valence-electron chi connectivity index (χ3n) is 2.21. The van der Waals surface area contributed by atoms with Gasteiger partial charge in [0.25, 0.3) is 5.56 Å². The molecule has 0 aromatic carbocycles. The molecule has 1 atom stereocenters. The average molecular weight is 216 g/mol. The van der Waals surface area contributed by atoms with Crippen LogP contribution in [0.15, 0.2) is 9.59 Å². The zero-order valence-electron chi connectivity index (χ0n) is 8.58. The minimum absolute atomic E-state index is 0.353. The number of nitrogens with one attached hydrogen (secondary N) is 1. The molecule has 0 saturated heterocycles. The number of H-pyrrole nitrogens is 1. The molecule has 0 amide bonds. The zero-order chi connectivity index (χ0) is 11.6. The Kier molecular flexibility index (Phi) is 3.28. The smallest absolute Gasteiger partial charge is 0.331 e. The van der Waals surface area contributed by atoms with Crippen molar-refractivity contribution in [3.63, 3.8) is 0 Å². The summed E-state index contributed by atoms with van der Waals surface area (Å²) in [6, 6.07) is -0.353. The molecule has 5 nitrogen and oxygen atoms in total. The monoisotopic (exact) mass is 216 g/mol. The second-order valence-corrected chi connectivity index (χ2v) is 3.40. The molecule has 6 heteroatoms. The van der Waals surface area contributed by atoms with Crippen LogP contribution in [0.25, 0.3) is 0 Å². The van der Waals surface area contributed by atoms with E-state index in [1.807, 2.05) is 6.92 Å². The van der Waals surface area contributed by atoms with Crippen molar-refractivity contribution < 1.29 is 9.50 Å². The van der Waals surface area contributed by atoms with Gasteiger partial charge in [-0.1, -0.05) is 13.3 Å². The minimum Gasteiger partial charge on any atom is -0.492 e. The average Bonchev–Trinajstić information content (AvgIpc) is 2.15. The van der Waals surface area contributed by atoms with Gasteiger partial charge in [0.1, 0.15) is 0 Å². The lowest BCUT2D eigenvalue weighted by molar-refractivity contribution is 0.330. The number of rotatable bonds is 3. The van der Waals surface area contributed by atoms with Gasteiger partial charge >= 0.3 is 5.69 Å². The predicted molar refractivity (Wildman–Crippen MR) is 52.6 cm³/mol. The number of hydrogen-bond donors (Lipinski definition) is 2. The Hall–Kier alpha value is -1.59. The maximum atomic E-state index is 13.0. The molecule has 0 aliphatic carbocycles. The molecule has 0 saturated carbocycles. The molecule has 1 aromatic rings. The Bertz CT molecular complexity index is 463. The molecule has 1 unspecified atom stereocenters. The van der Waals surface area contributed by atoms with E-state index in [4.69, 9.17) is 0 Å². The van der Waals surface area contributed by atoms with Crippen LogP contribution >= 0.6 is 0 Å². The molecular formula is C9H13FN2O3. The fraction of sp³-hybridized carbons (Fsp3) is 0.556. The highest BCUT2D eigenvalue weighted by molar-refractivity contribution is 5.10. The molecule has 0 aliphatic heterocycles. The fourth-order valence-electron chi connectivity index (χ4n) is 1.47. The van der Waals surface area contributed by atoms with E-state index in [9.17, 15) is 19.1 Å².